The van der Waals surface area contributed by atoms with Gasteiger partial charge in [-0.3, -0.25) is 0 Å². The molecule has 1 saturated heterocycles. The maximum Gasteiger partial charge on any atom is 0.0164 e. The molecule has 1 aromatic carbocycles. The summed E-state index contributed by atoms with van der Waals surface area (Å²) >= 11 is 0. The van der Waals surface area contributed by atoms with Gasteiger partial charge in [0.2, 0.25) is 0 Å². The smallest absolute Gasteiger partial charge is 0.0164 e. The van der Waals surface area contributed by atoms with Crippen LogP contribution >= 0.6 is 0 Å². The number of rotatable bonds is 3. The van der Waals surface area contributed by atoms with Gasteiger partial charge in [0.25, 0.3) is 0 Å². The van der Waals surface area contributed by atoms with E-state index >= 15 is 0 Å². The zero-order valence-corrected chi connectivity index (χ0v) is 11.6. The lowest BCUT2D eigenvalue weighted by atomic mass is 9.73. The normalized spacial score (nSPS) is 28.9. The average molecular weight is 231 g/mol. The van der Waals surface area contributed by atoms with Gasteiger partial charge >= 0.3 is 0 Å². The molecule has 1 heterocycles. The fraction of sp³-hybridized carbons (Fsp3) is 0.625. The van der Waals surface area contributed by atoms with Gasteiger partial charge in [0.15, 0.2) is 0 Å². The summed E-state index contributed by atoms with van der Waals surface area (Å²) in [5.41, 5.74) is 3.17. The molecule has 0 spiro atoms. The lowest BCUT2D eigenvalue weighted by molar-refractivity contribution is 0.344. The van der Waals surface area contributed by atoms with Crippen molar-refractivity contribution in [1.82, 2.24) is 5.32 Å². The molecule has 2 rings (SSSR count). The van der Waals surface area contributed by atoms with Gasteiger partial charge in [-0.2, -0.15) is 0 Å². The number of nitrogens with one attached hydrogen (secondary N) is 1. The predicted molar refractivity (Wildman–Crippen MR) is 74.4 cm³/mol. The molecule has 0 bridgehead atoms. The van der Waals surface area contributed by atoms with Gasteiger partial charge < -0.3 is 5.32 Å². The first-order valence-electron chi connectivity index (χ1n) is 6.83. The average Bonchev–Trinajstić information content (AvgIpc) is 2.61. The van der Waals surface area contributed by atoms with Crippen molar-refractivity contribution < 1.29 is 0 Å². The summed E-state index contributed by atoms with van der Waals surface area (Å²) in [7, 11) is 0. The van der Waals surface area contributed by atoms with E-state index in [1.165, 1.54) is 24.0 Å². The maximum absolute atomic E-state index is 3.69. The molecule has 0 aliphatic carbocycles. The molecule has 1 nitrogen and oxygen atoms in total. The van der Waals surface area contributed by atoms with Crippen molar-refractivity contribution in [1.29, 1.82) is 0 Å². The Morgan fingerprint density at radius 2 is 1.94 bits per heavy atom. The number of aryl methyl sites for hydroxylation is 1. The Morgan fingerprint density at radius 1 is 1.29 bits per heavy atom. The molecular weight excluding hydrogens is 206 g/mol. The fourth-order valence-corrected chi connectivity index (χ4v) is 3.00. The Balaban J connectivity index is 2.24. The van der Waals surface area contributed by atoms with Gasteiger partial charge in [0, 0.05) is 11.5 Å². The Hall–Kier alpha value is -0.820. The first kappa shape index (κ1) is 12.6. The molecule has 1 aromatic rings. The lowest BCUT2D eigenvalue weighted by Gasteiger charge is -2.33. The van der Waals surface area contributed by atoms with Crippen molar-refractivity contribution in [2.45, 2.75) is 52.0 Å². The molecule has 1 N–H and O–H groups in total. The Bertz CT molecular complexity index is 366. The quantitative estimate of drug-likeness (QED) is 0.837. The van der Waals surface area contributed by atoms with Gasteiger partial charge in [-0.15, -0.1) is 0 Å². The van der Waals surface area contributed by atoms with Crippen LogP contribution in [-0.4, -0.2) is 12.6 Å². The predicted octanol–water partition coefficient (Wildman–Crippen LogP) is 3.66. The van der Waals surface area contributed by atoms with E-state index in [9.17, 15) is 0 Å². The Kier molecular flexibility index (Phi) is 3.58. The summed E-state index contributed by atoms with van der Waals surface area (Å²) in [4.78, 5) is 0. The first-order chi connectivity index (χ1) is 8.02. The minimum Gasteiger partial charge on any atom is -0.313 e. The second kappa shape index (κ2) is 4.81. The summed E-state index contributed by atoms with van der Waals surface area (Å²) < 4.78 is 0. The van der Waals surface area contributed by atoms with Gasteiger partial charge in [-0.1, -0.05) is 50.6 Å². The highest BCUT2D eigenvalue weighted by molar-refractivity contribution is 5.31. The number of hydrogen-bond acceptors (Lipinski definition) is 1. The van der Waals surface area contributed by atoms with Crippen LogP contribution in [0.15, 0.2) is 24.3 Å². The van der Waals surface area contributed by atoms with E-state index in [1.54, 1.807) is 0 Å². The monoisotopic (exact) mass is 231 g/mol. The third-order valence-corrected chi connectivity index (χ3v) is 4.22. The van der Waals surface area contributed by atoms with Gasteiger partial charge in [0.1, 0.15) is 0 Å². The van der Waals surface area contributed by atoms with Crippen molar-refractivity contribution in [2.24, 2.45) is 5.92 Å². The topological polar surface area (TPSA) is 12.0 Å². The van der Waals surface area contributed by atoms with E-state index in [-0.39, 0.29) is 0 Å². The number of hydrogen-bond donors (Lipinski definition) is 1. The molecule has 0 aromatic heterocycles. The lowest BCUT2D eigenvalue weighted by Crippen LogP contribution is -2.38. The van der Waals surface area contributed by atoms with E-state index in [1.807, 2.05) is 0 Å². The molecule has 1 aliphatic rings. The molecule has 2 unspecified atom stereocenters. The van der Waals surface area contributed by atoms with Crippen LogP contribution in [0, 0.1) is 12.8 Å². The highest BCUT2D eigenvalue weighted by Crippen LogP contribution is 2.37. The second-order valence-electron chi connectivity index (χ2n) is 6.17. The van der Waals surface area contributed by atoms with Crippen molar-refractivity contribution in [3.05, 3.63) is 35.4 Å². The molecule has 0 saturated carbocycles. The van der Waals surface area contributed by atoms with Crippen molar-refractivity contribution in [2.75, 3.05) is 6.54 Å². The third kappa shape index (κ3) is 2.55. The van der Waals surface area contributed by atoms with Crippen LogP contribution in [0.4, 0.5) is 0 Å². The van der Waals surface area contributed by atoms with Crippen LogP contribution in [0.2, 0.25) is 0 Å². The van der Waals surface area contributed by atoms with Crippen LogP contribution < -0.4 is 5.32 Å². The fourth-order valence-electron chi connectivity index (χ4n) is 3.00. The van der Waals surface area contributed by atoms with E-state index in [0.717, 1.165) is 12.5 Å². The number of benzene rings is 1. The summed E-state index contributed by atoms with van der Waals surface area (Å²) in [6.45, 7) is 10.4. The van der Waals surface area contributed by atoms with Crippen molar-refractivity contribution in [3.8, 4) is 0 Å². The Labute approximate surface area is 106 Å². The van der Waals surface area contributed by atoms with Crippen molar-refractivity contribution in [3.63, 3.8) is 0 Å². The summed E-state index contributed by atoms with van der Waals surface area (Å²) in [5.74, 6) is 0.760. The molecule has 17 heavy (non-hydrogen) atoms. The van der Waals surface area contributed by atoms with Gasteiger partial charge in [0.05, 0.1) is 0 Å². The van der Waals surface area contributed by atoms with Crippen LogP contribution in [0.3, 0.4) is 0 Å². The Morgan fingerprint density at radius 3 is 2.53 bits per heavy atom. The first-order valence-corrected chi connectivity index (χ1v) is 6.83. The van der Waals surface area contributed by atoms with Gasteiger partial charge in [-0.05, 0) is 37.8 Å². The van der Waals surface area contributed by atoms with Crippen LogP contribution in [0.25, 0.3) is 0 Å². The van der Waals surface area contributed by atoms with E-state index in [4.69, 9.17) is 0 Å². The minimum absolute atomic E-state index is 0.317. The standard InChI is InChI=1S/C16H25N/c1-12(2)11-15-16(4,9-10-17-15)14-7-5-13(3)6-8-14/h5-8,12,15,17H,9-11H2,1-4H3. The zero-order chi connectivity index (χ0) is 12.5. The molecular formula is C16H25N. The third-order valence-electron chi connectivity index (χ3n) is 4.22. The molecule has 1 heteroatoms. The molecule has 94 valence electrons. The SMILES string of the molecule is Cc1ccc(C2(C)CCNC2CC(C)C)cc1. The largest absolute Gasteiger partial charge is 0.313 e. The summed E-state index contributed by atoms with van der Waals surface area (Å²) in [6, 6.07) is 9.74. The van der Waals surface area contributed by atoms with Crippen LogP contribution in [0.5, 0.6) is 0 Å². The molecule has 1 fully saturated rings. The highest BCUT2D eigenvalue weighted by atomic mass is 15.0. The highest BCUT2D eigenvalue weighted by Gasteiger charge is 2.39. The molecule has 1 aliphatic heterocycles. The summed E-state index contributed by atoms with van der Waals surface area (Å²) in [6.07, 6.45) is 2.53. The van der Waals surface area contributed by atoms with E-state index in [2.05, 4.69) is 57.3 Å². The van der Waals surface area contributed by atoms with Crippen LogP contribution in [-0.2, 0) is 5.41 Å². The van der Waals surface area contributed by atoms with E-state index in [0.29, 0.717) is 11.5 Å². The van der Waals surface area contributed by atoms with Crippen LogP contribution in [0.1, 0.15) is 44.7 Å². The maximum atomic E-state index is 3.69. The summed E-state index contributed by atoms with van der Waals surface area (Å²) in [5, 5.41) is 3.69. The minimum atomic E-state index is 0.317. The molecule has 0 amide bonds. The molecule has 0 radical (unpaired) electrons. The van der Waals surface area contributed by atoms with Gasteiger partial charge in [-0.25, -0.2) is 0 Å². The van der Waals surface area contributed by atoms with E-state index < -0.39 is 0 Å². The zero-order valence-electron chi connectivity index (χ0n) is 11.6. The second-order valence-corrected chi connectivity index (χ2v) is 6.17. The van der Waals surface area contributed by atoms with Crippen molar-refractivity contribution >= 4 is 0 Å². The molecule has 2 atom stereocenters.